The molecule has 1 amide bonds. The lowest BCUT2D eigenvalue weighted by atomic mass is 10.2. The number of aromatic nitrogens is 1. The van der Waals surface area contributed by atoms with Crippen molar-refractivity contribution < 1.29 is 13.2 Å². The number of benzene rings is 2. The fourth-order valence-electron chi connectivity index (χ4n) is 2.37. The molecular weight excluding hydrogens is 370 g/mol. The van der Waals surface area contributed by atoms with E-state index in [4.69, 9.17) is 0 Å². The van der Waals surface area contributed by atoms with Gasteiger partial charge in [-0.15, -0.1) is 11.3 Å². The van der Waals surface area contributed by atoms with Crippen LogP contribution in [0.3, 0.4) is 0 Å². The molecule has 0 atom stereocenters. The Balaban J connectivity index is 2.07. The molecule has 0 aliphatic rings. The predicted octanol–water partition coefficient (Wildman–Crippen LogP) is 2.65. The molecule has 0 radical (unpaired) electrons. The van der Waals surface area contributed by atoms with Crippen LogP contribution in [0.15, 0.2) is 76.1 Å². The fraction of sp³-hybridized carbons (Fsp3) is 0.111. The second-order valence-corrected chi connectivity index (χ2v) is 8.33. The zero-order valence-electron chi connectivity index (χ0n) is 14.2. The van der Waals surface area contributed by atoms with Crippen LogP contribution in [0.1, 0.15) is 10.4 Å². The first kappa shape index (κ1) is 18.1. The number of nitrogens with zero attached hydrogens (tertiary/aromatic N) is 3. The summed E-state index contributed by atoms with van der Waals surface area (Å²) in [5, 5.41) is 1.80. The van der Waals surface area contributed by atoms with Gasteiger partial charge in [-0.05, 0) is 24.3 Å². The molecule has 0 saturated carbocycles. The van der Waals surface area contributed by atoms with Crippen LogP contribution in [0.2, 0.25) is 0 Å². The average Bonchev–Trinajstić information content (AvgIpc) is 3.06. The highest BCUT2D eigenvalue weighted by Crippen LogP contribution is 2.24. The Labute approximate surface area is 155 Å². The largest absolute Gasteiger partial charge is 0.327 e. The van der Waals surface area contributed by atoms with E-state index >= 15 is 0 Å². The number of hydrogen-bond acceptors (Lipinski definition) is 4. The Morgan fingerprint density at radius 1 is 1.08 bits per heavy atom. The van der Waals surface area contributed by atoms with E-state index in [-0.39, 0.29) is 10.5 Å². The number of carbonyl (C=O) groups excluding carboxylic acids is 1. The SMILES string of the molecule is CN(c1ccccc1)S(=O)(=O)c1ccccc1C(=O)N=c1sccn1C. The molecule has 3 rings (SSSR count). The van der Waals surface area contributed by atoms with Crippen LogP contribution < -0.4 is 9.11 Å². The van der Waals surface area contributed by atoms with Gasteiger partial charge in [0, 0.05) is 25.7 Å². The van der Waals surface area contributed by atoms with Crippen molar-refractivity contribution in [3.05, 3.63) is 76.5 Å². The van der Waals surface area contributed by atoms with Gasteiger partial charge in [0.1, 0.15) is 4.90 Å². The van der Waals surface area contributed by atoms with E-state index in [1.54, 1.807) is 65.7 Å². The molecular formula is C18H17N3O3S2. The number of carbonyl (C=O) groups is 1. The highest BCUT2D eigenvalue weighted by atomic mass is 32.2. The summed E-state index contributed by atoms with van der Waals surface area (Å²) >= 11 is 1.30. The maximum absolute atomic E-state index is 13.1. The second kappa shape index (κ2) is 7.27. The molecule has 1 aromatic heterocycles. The van der Waals surface area contributed by atoms with Gasteiger partial charge >= 0.3 is 0 Å². The summed E-state index contributed by atoms with van der Waals surface area (Å²) in [6, 6.07) is 14.8. The topological polar surface area (TPSA) is 71.7 Å². The number of thiazole rings is 1. The number of hydrogen-bond donors (Lipinski definition) is 0. The van der Waals surface area contributed by atoms with Gasteiger partial charge < -0.3 is 4.57 Å². The minimum absolute atomic E-state index is 0.0451. The average molecular weight is 387 g/mol. The van der Waals surface area contributed by atoms with E-state index in [0.717, 1.165) is 4.31 Å². The first-order valence-corrected chi connectivity index (χ1v) is 10.1. The molecule has 0 bridgehead atoms. The standard InChI is InChI=1S/C18H17N3O3S2/c1-20-12-13-25-18(20)19-17(22)15-10-6-7-11-16(15)26(23,24)21(2)14-8-4-3-5-9-14/h3-13H,1-2H3. The summed E-state index contributed by atoms with van der Waals surface area (Å²) in [5.74, 6) is -0.594. The van der Waals surface area contributed by atoms with Crippen LogP contribution in [-0.4, -0.2) is 25.9 Å². The highest BCUT2D eigenvalue weighted by Gasteiger charge is 2.26. The van der Waals surface area contributed by atoms with Crippen molar-refractivity contribution in [1.29, 1.82) is 0 Å². The number of amides is 1. The minimum Gasteiger partial charge on any atom is -0.327 e. The molecule has 26 heavy (non-hydrogen) atoms. The molecule has 0 spiro atoms. The van der Waals surface area contributed by atoms with Gasteiger partial charge in [0.15, 0.2) is 4.80 Å². The molecule has 0 aliphatic carbocycles. The molecule has 0 N–H and O–H groups in total. The molecule has 3 aromatic rings. The van der Waals surface area contributed by atoms with Crippen LogP contribution in [-0.2, 0) is 17.1 Å². The first-order chi connectivity index (χ1) is 12.4. The number of sulfonamides is 1. The zero-order chi connectivity index (χ0) is 18.7. The van der Waals surface area contributed by atoms with E-state index < -0.39 is 15.9 Å². The molecule has 8 heteroatoms. The minimum atomic E-state index is -3.91. The quantitative estimate of drug-likeness (QED) is 0.691. The van der Waals surface area contributed by atoms with Gasteiger partial charge in [0.25, 0.3) is 15.9 Å². The van der Waals surface area contributed by atoms with Crippen LogP contribution in [0, 0.1) is 0 Å². The third-order valence-electron chi connectivity index (χ3n) is 3.83. The van der Waals surface area contributed by atoms with Gasteiger partial charge in [-0.3, -0.25) is 9.10 Å². The summed E-state index contributed by atoms with van der Waals surface area (Å²) in [5.41, 5.74) is 0.556. The number of para-hydroxylation sites is 1. The molecule has 0 aliphatic heterocycles. The van der Waals surface area contributed by atoms with Crippen molar-refractivity contribution in [1.82, 2.24) is 4.57 Å². The third-order valence-corrected chi connectivity index (χ3v) is 6.52. The zero-order valence-corrected chi connectivity index (χ0v) is 15.9. The van der Waals surface area contributed by atoms with Crippen molar-refractivity contribution in [2.75, 3.05) is 11.4 Å². The molecule has 0 saturated heterocycles. The highest BCUT2D eigenvalue weighted by molar-refractivity contribution is 7.92. The summed E-state index contributed by atoms with van der Waals surface area (Å²) < 4.78 is 29.0. The second-order valence-electron chi connectivity index (χ2n) is 5.52. The lowest BCUT2D eigenvalue weighted by Gasteiger charge is -2.20. The van der Waals surface area contributed by atoms with Crippen LogP contribution >= 0.6 is 11.3 Å². The predicted molar refractivity (Wildman–Crippen MR) is 102 cm³/mol. The summed E-state index contributed by atoms with van der Waals surface area (Å²) in [7, 11) is -0.675. The molecule has 6 nitrogen and oxygen atoms in total. The van der Waals surface area contributed by atoms with Crippen LogP contribution in [0.5, 0.6) is 0 Å². The number of aryl methyl sites for hydroxylation is 1. The van der Waals surface area contributed by atoms with Crippen molar-refractivity contribution in [3.8, 4) is 0 Å². The summed E-state index contributed by atoms with van der Waals surface area (Å²) in [6.45, 7) is 0. The molecule has 0 fully saturated rings. The maximum atomic E-state index is 13.1. The Morgan fingerprint density at radius 3 is 2.38 bits per heavy atom. The molecule has 134 valence electrons. The van der Waals surface area contributed by atoms with Gasteiger partial charge in [-0.2, -0.15) is 4.99 Å². The molecule has 1 heterocycles. The Bertz CT molecular complexity index is 1100. The van der Waals surface area contributed by atoms with E-state index in [0.29, 0.717) is 10.5 Å². The molecule has 0 unspecified atom stereocenters. The monoisotopic (exact) mass is 387 g/mol. The lowest BCUT2D eigenvalue weighted by Crippen LogP contribution is -2.28. The Morgan fingerprint density at radius 2 is 1.73 bits per heavy atom. The lowest BCUT2D eigenvalue weighted by molar-refractivity contribution is 0.0994. The number of rotatable bonds is 4. The van der Waals surface area contributed by atoms with Gasteiger partial charge in [0.2, 0.25) is 0 Å². The van der Waals surface area contributed by atoms with Gasteiger partial charge in [0.05, 0.1) is 11.3 Å². The van der Waals surface area contributed by atoms with E-state index in [1.165, 1.54) is 30.5 Å². The van der Waals surface area contributed by atoms with Crippen LogP contribution in [0.25, 0.3) is 0 Å². The normalized spacial score (nSPS) is 12.2. The smallest absolute Gasteiger partial charge is 0.281 e. The number of anilines is 1. The van der Waals surface area contributed by atoms with Crippen molar-refractivity contribution in [2.45, 2.75) is 4.90 Å². The van der Waals surface area contributed by atoms with Crippen LogP contribution in [0.4, 0.5) is 5.69 Å². The van der Waals surface area contributed by atoms with E-state index in [1.807, 2.05) is 0 Å². The fourth-order valence-corrected chi connectivity index (χ4v) is 4.48. The van der Waals surface area contributed by atoms with Gasteiger partial charge in [-0.1, -0.05) is 30.3 Å². The first-order valence-electron chi connectivity index (χ1n) is 7.73. The van der Waals surface area contributed by atoms with Crippen molar-refractivity contribution in [2.24, 2.45) is 12.0 Å². The van der Waals surface area contributed by atoms with Gasteiger partial charge in [-0.25, -0.2) is 8.42 Å². The molecule has 2 aromatic carbocycles. The van der Waals surface area contributed by atoms with Crippen molar-refractivity contribution in [3.63, 3.8) is 0 Å². The van der Waals surface area contributed by atoms with E-state index in [9.17, 15) is 13.2 Å². The maximum Gasteiger partial charge on any atom is 0.281 e. The van der Waals surface area contributed by atoms with Crippen molar-refractivity contribution >= 4 is 33.0 Å². The Hall–Kier alpha value is -2.71. The third kappa shape index (κ3) is 3.47. The summed E-state index contributed by atoms with van der Waals surface area (Å²) in [6.07, 6.45) is 1.78. The Kier molecular flexibility index (Phi) is 5.06. The summed E-state index contributed by atoms with van der Waals surface area (Å²) in [4.78, 5) is 17.1. The van der Waals surface area contributed by atoms with E-state index in [2.05, 4.69) is 4.99 Å².